The Balaban J connectivity index is 1.82. The molecule has 1 unspecified atom stereocenters. The summed E-state index contributed by atoms with van der Waals surface area (Å²) in [6, 6.07) is 9.80. The van der Waals surface area contributed by atoms with E-state index >= 15 is 0 Å². The molecule has 0 radical (unpaired) electrons. The Morgan fingerprint density at radius 2 is 2.22 bits per heavy atom. The second-order valence-electron chi connectivity index (χ2n) is 5.35. The third kappa shape index (κ3) is 3.43. The summed E-state index contributed by atoms with van der Waals surface area (Å²) in [6.45, 7) is 3.46. The van der Waals surface area contributed by atoms with Crippen LogP contribution in [0.15, 0.2) is 41.1 Å². The zero-order chi connectivity index (χ0) is 16.2. The summed E-state index contributed by atoms with van der Waals surface area (Å²) < 4.78 is 2.16. The van der Waals surface area contributed by atoms with E-state index in [0.29, 0.717) is 6.54 Å². The number of aliphatic carboxylic acids is 1. The molecule has 0 aliphatic carbocycles. The summed E-state index contributed by atoms with van der Waals surface area (Å²) >= 11 is 1.57. The highest BCUT2D eigenvalue weighted by atomic mass is 32.1. The lowest BCUT2D eigenvalue weighted by Gasteiger charge is -2.16. The van der Waals surface area contributed by atoms with Crippen molar-refractivity contribution in [2.24, 2.45) is 0 Å². The van der Waals surface area contributed by atoms with Gasteiger partial charge in [0.2, 0.25) is 0 Å². The summed E-state index contributed by atoms with van der Waals surface area (Å²) in [6.07, 6.45) is 0.0586. The van der Waals surface area contributed by atoms with Crippen LogP contribution < -0.4 is 5.32 Å². The number of thiophene rings is 1. The third-order valence-electron chi connectivity index (χ3n) is 3.88. The number of carboxylic acid groups (broad SMARTS) is 1. The van der Waals surface area contributed by atoms with E-state index in [9.17, 15) is 4.79 Å². The summed E-state index contributed by atoms with van der Waals surface area (Å²) in [7, 11) is 0. The number of rotatable bonds is 7. The molecule has 0 saturated carbocycles. The molecule has 2 heterocycles. The monoisotopic (exact) mass is 329 g/mol. The molecule has 2 aromatic heterocycles. The van der Waals surface area contributed by atoms with Crippen LogP contribution in [0, 0.1) is 0 Å². The van der Waals surface area contributed by atoms with Crippen LogP contribution in [0.25, 0.3) is 11.0 Å². The molecule has 5 nitrogen and oxygen atoms in total. The molecule has 0 aliphatic rings. The first-order chi connectivity index (χ1) is 11.2. The third-order valence-corrected chi connectivity index (χ3v) is 4.58. The van der Waals surface area contributed by atoms with Crippen LogP contribution in [0.1, 0.15) is 30.8 Å². The van der Waals surface area contributed by atoms with Gasteiger partial charge in [-0.25, -0.2) is 4.98 Å². The second-order valence-corrected chi connectivity index (χ2v) is 6.13. The minimum absolute atomic E-state index is 0.0586. The van der Waals surface area contributed by atoms with E-state index in [-0.39, 0.29) is 12.5 Å². The van der Waals surface area contributed by atoms with Crippen molar-refractivity contribution in [3.05, 3.63) is 52.5 Å². The van der Waals surface area contributed by atoms with Crippen LogP contribution >= 0.6 is 11.3 Å². The molecule has 2 N–H and O–H groups in total. The zero-order valence-corrected chi connectivity index (χ0v) is 13.7. The highest BCUT2D eigenvalue weighted by molar-refractivity contribution is 7.07. The van der Waals surface area contributed by atoms with Gasteiger partial charge >= 0.3 is 5.97 Å². The normalized spacial score (nSPS) is 12.6. The van der Waals surface area contributed by atoms with Crippen LogP contribution in [-0.2, 0) is 17.9 Å². The van der Waals surface area contributed by atoms with Crippen molar-refractivity contribution in [3.63, 3.8) is 0 Å². The van der Waals surface area contributed by atoms with E-state index < -0.39 is 5.97 Å². The maximum absolute atomic E-state index is 11.1. The van der Waals surface area contributed by atoms with Crippen LogP contribution in [0.5, 0.6) is 0 Å². The molecular formula is C17H19N3O2S. The smallest absolute Gasteiger partial charge is 0.305 e. The molecule has 0 amide bonds. The molecule has 1 aromatic carbocycles. The Bertz CT molecular complexity index is 795. The number of nitrogens with zero attached hydrogens (tertiary/aromatic N) is 2. The topological polar surface area (TPSA) is 67.2 Å². The average Bonchev–Trinajstić information content (AvgIpc) is 3.18. The molecule has 0 fully saturated rings. The lowest BCUT2D eigenvalue weighted by atomic mass is 10.1. The highest BCUT2D eigenvalue weighted by Gasteiger charge is 2.17. The van der Waals surface area contributed by atoms with Gasteiger partial charge in [0, 0.05) is 12.6 Å². The fourth-order valence-electron chi connectivity index (χ4n) is 2.78. The molecule has 0 spiro atoms. The van der Waals surface area contributed by atoms with Crippen molar-refractivity contribution in [2.45, 2.75) is 32.5 Å². The summed E-state index contributed by atoms with van der Waals surface area (Å²) in [5.41, 5.74) is 3.09. The fourth-order valence-corrected chi connectivity index (χ4v) is 3.50. The number of aromatic nitrogens is 2. The van der Waals surface area contributed by atoms with Crippen molar-refractivity contribution in [1.29, 1.82) is 0 Å². The van der Waals surface area contributed by atoms with Crippen molar-refractivity contribution in [3.8, 4) is 0 Å². The van der Waals surface area contributed by atoms with Gasteiger partial charge in [-0.05, 0) is 41.4 Å². The molecule has 3 aromatic rings. The molecule has 0 aliphatic heterocycles. The minimum Gasteiger partial charge on any atom is -0.481 e. The van der Waals surface area contributed by atoms with E-state index in [1.807, 2.05) is 35.0 Å². The van der Waals surface area contributed by atoms with Gasteiger partial charge in [-0.15, -0.1) is 0 Å². The second kappa shape index (κ2) is 6.93. The standard InChI is InChI=1S/C17H19N3O2S/c1-2-20-15-6-4-3-5-13(15)19-16(20)10-18-14(9-17(21)22)12-7-8-23-11-12/h3-8,11,14,18H,2,9-10H2,1H3,(H,21,22). The minimum atomic E-state index is -0.808. The van der Waals surface area contributed by atoms with Gasteiger partial charge in [-0.2, -0.15) is 11.3 Å². The summed E-state index contributed by atoms with van der Waals surface area (Å²) in [4.78, 5) is 15.8. The lowest BCUT2D eigenvalue weighted by Crippen LogP contribution is -2.24. The molecule has 0 saturated heterocycles. The summed E-state index contributed by atoms with van der Waals surface area (Å²) in [5.74, 6) is 0.122. The Morgan fingerprint density at radius 1 is 1.39 bits per heavy atom. The molecule has 120 valence electrons. The number of fused-ring (bicyclic) bond motifs is 1. The van der Waals surface area contributed by atoms with E-state index in [1.54, 1.807) is 11.3 Å². The number of carbonyl (C=O) groups is 1. The highest BCUT2D eigenvalue weighted by Crippen LogP contribution is 2.21. The van der Waals surface area contributed by atoms with Gasteiger partial charge in [-0.3, -0.25) is 4.79 Å². The fraction of sp³-hybridized carbons (Fsp3) is 0.294. The maximum Gasteiger partial charge on any atom is 0.305 e. The molecule has 3 rings (SSSR count). The number of hydrogen-bond donors (Lipinski definition) is 2. The number of carboxylic acids is 1. The number of aryl methyl sites for hydroxylation is 1. The Kier molecular flexibility index (Phi) is 4.73. The average molecular weight is 329 g/mol. The predicted molar refractivity (Wildman–Crippen MR) is 91.6 cm³/mol. The SMILES string of the molecule is CCn1c(CNC(CC(=O)O)c2ccsc2)nc2ccccc21. The van der Waals surface area contributed by atoms with Gasteiger partial charge in [0.15, 0.2) is 0 Å². The Labute approximate surface area is 138 Å². The van der Waals surface area contributed by atoms with E-state index in [0.717, 1.165) is 29.0 Å². The first-order valence-electron chi connectivity index (χ1n) is 7.60. The lowest BCUT2D eigenvalue weighted by molar-refractivity contribution is -0.137. The van der Waals surface area contributed by atoms with Crippen molar-refractivity contribution >= 4 is 28.3 Å². The molecule has 1 atom stereocenters. The van der Waals surface area contributed by atoms with Gasteiger partial charge in [0.1, 0.15) is 5.82 Å². The molecule has 6 heteroatoms. The van der Waals surface area contributed by atoms with Crippen LogP contribution in [0.2, 0.25) is 0 Å². The predicted octanol–water partition coefficient (Wildman–Crippen LogP) is 3.42. The van der Waals surface area contributed by atoms with E-state index in [4.69, 9.17) is 5.11 Å². The quantitative estimate of drug-likeness (QED) is 0.697. The number of hydrogen-bond acceptors (Lipinski definition) is 4. The Morgan fingerprint density at radius 3 is 2.91 bits per heavy atom. The number of imidazole rings is 1. The molecular weight excluding hydrogens is 310 g/mol. The van der Waals surface area contributed by atoms with Crippen LogP contribution in [-0.4, -0.2) is 20.6 Å². The van der Waals surface area contributed by atoms with Gasteiger partial charge in [-0.1, -0.05) is 12.1 Å². The zero-order valence-electron chi connectivity index (χ0n) is 12.9. The van der Waals surface area contributed by atoms with E-state index in [2.05, 4.69) is 27.9 Å². The first-order valence-corrected chi connectivity index (χ1v) is 8.54. The van der Waals surface area contributed by atoms with E-state index in [1.165, 1.54) is 0 Å². The largest absolute Gasteiger partial charge is 0.481 e. The van der Waals surface area contributed by atoms with Crippen molar-refractivity contribution < 1.29 is 9.90 Å². The molecule has 23 heavy (non-hydrogen) atoms. The Hall–Kier alpha value is -2.18. The van der Waals surface area contributed by atoms with Gasteiger partial charge in [0.05, 0.1) is 24.0 Å². The van der Waals surface area contributed by atoms with Crippen molar-refractivity contribution in [1.82, 2.24) is 14.9 Å². The molecule has 0 bridgehead atoms. The van der Waals surface area contributed by atoms with Crippen LogP contribution in [0.4, 0.5) is 0 Å². The number of benzene rings is 1. The maximum atomic E-state index is 11.1. The first kappa shape index (κ1) is 15.7. The van der Waals surface area contributed by atoms with Gasteiger partial charge in [0.25, 0.3) is 0 Å². The van der Waals surface area contributed by atoms with Crippen molar-refractivity contribution in [2.75, 3.05) is 0 Å². The van der Waals surface area contributed by atoms with Crippen LogP contribution in [0.3, 0.4) is 0 Å². The number of para-hydroxylation sites is 2. The van der Waals surface area contributed by atoms with Gasteiger partial charge < -0.3 is 15.0 Å². The number of nitrogens with one attached hydrogen (secondary N) is 1. The summed E-state index contributed by atoms with van der Waals surface area (Å²) in [5, 5.41) is 16.4.